The molecule has 2 heterocycles. The summed E-state index contributed by atoms with van der Waals surface area (Å²) in [6, 6.07) is 12.8. The predicted molar refractivity (Wildman–Crippen MR) is 113 cm³/mol. The van der Waals surface area contributed by atoms with Gasteiger partial charge in [-0.05, 0) is 49.2 Å². The van der Waals surface area contributed by atoms with E-state index in [0.717, 1.165) is 68.3 Å². The predicted octanol–water partition coefficient (Wildman–Crippen LogP) is 3.33. The topological polar surface area (TPSA) is 36.0 Å². The van der Waals surface area contributed by atoms with E-state index in [4.69, 9.17) is 4.74 Å². The summed E-state index contributed by atoms with van der Waals surface area (Å²) in [6.45, 7) is 5.70. The maximum atomic E-state index is 13.5. The van der Waals surface area contributed by atoms with Gasteiger partial charge in [-0.25, -0.2) is 4.39 Å². The Morgan fingerprint density at radius 1 is 0.966 bits per heavy atom. The SMILES string of the molecule is COc1ccccc1N1CCN(CCCCN2C(=O)Cc3ccc(F)cc32)CC1. The van der Waals surface area contributed by atoms with Crippen molar-refractivity contribution in [1.82, 2.24) is 4.90 Å². The number of unbranched alkanes of at least 4 members (excludes halogenated alkanes) is 1. The number of amides is 1. The van der Waals surface area contributed by atoms with E-state index >= 15 is 0 Å². The van der Waals surface area contributed by atoms with Crippen LogP contribution in [0.1, 0.15) is 18.4 Å². The van der Waals surface area contributed by atoms with Gasteiger partial charge in [0.1, 0.15) is 11.6 Å². The van der Waals surface area contributed by atoms with Crippen LogP contribution in [0.25, 0.3) is 0 Å². The van der Waals surface area contributed by atoms with Crippen molar-refractivity contribution in [2.24, 2.45) is 0 Å². The molecule has 0 aliphatic carbocycles. The maximum Gasteiger partial charge on any atom is 0.231 e. The highest BCUT2D eigenvalue weighted by molar-refractivity contribution is 6.01. The number of ether oxygens (including phenoxy) is 1. The molecule has 0 radical (unpaired) electrons. The number of carbonyl (C=O) groups excluding carboxylic acids is 1. The van der Waals surface area contributed by atoms with Crippen molar-refractivity contribution in [2.45, 2.75) is 19.3 Å². The first-order chi connectivity index (χ1) is 14.2. The van der Waals surface area contributed by atoms with Crippen LogP contribution in [-0.2, 0) is 11.2 Å². The van der Waals surface area contributed by atoms with Crippen LogP contribution in [0, 0.1) is 5.82 Å². The Morgan fingerprint density at radius 3 is 2.52 bits per heavy atom. The normalized spacial score (nSPS) is 17.0. The highest BCUT2D eigenvalue weighted by atomic mass is 19.1. The minimum atomic E-state index is -0.281. The fourth-order valence-electron chi connectivity index (χ4n) is 4.28. The van der Waals surface area contributed by atoms with Crippen molar-refractivity contribution in [1.29, 1.82) is 0 Å². The first-order valence-electron chi connectivity index (χ1n) is 10.3. The molecule has 2 aromatic rings. The van der Waals surface area contributed by atoms with Crippen molar-refractivity contribution in [3.05, 3.63) is 53.8 Å². The number of benzene rings is 2. The number of halogens is 1. The second-order valence-electron chi connectivity index (χ2n) is 7.70. The van der Waals surface area contributed by atoms with Gasteiger partial charge in [-0.15, -0.1) is 0 Å². The smallest absolute Gasteiger partial charge is 0.231 e. The number of rotatable bonds is 7. The van der Waals surface area contributed by atoms with Gasteiger partial charge in [-0.3, -0.25) is 9.69 Å². The van der Waals surface area contributed by atoms with E-state index in [2.05, 4.69) is 15.9 Å². The quantitative estimate of drug-likeness (QED) is 0.672. The van der Waals surface area contributed by atoms with Crippen molar-refractivity contribution in [3.63, 3.8) is 0 Å². The molecule has 2 aliphatic heterocycles. The number of para-hydroxylation sites is 2. The van der Waals surface area contributed by atoms with Crippen LogP contribution in [0.15, 0.2) is 42.5 Å². The fourth-order valence-corrected chi connectivity index (χ4v) is 4.28. The molecule has 0 aromatic heterocycles. The number of carbonyl (C=O) groups is 1. The molecule has 0 saturated carbocycles. The summed E-state index contributed by atoms with van der Waals surface area (Å²) < 4.78 is 19.0. The van der Waals surface area contributed by atoms with Crippen LogP contribution in [0.2, 0.25) is 0 Å². The number of fused-ring (bicyclic) bond motifs is 1. The fraction of sp³-hybridized carbons (Fsp3) is 0.435. The number of methoxy groups -OCH3 is 1. The standard InChI is InChI=1S/C23H28FN3O2/c1-29-22-7-3-2-6-20(22)26-14-12-25(13-15-26)10-4-5-11-27-21-17-19(24)9-8-18(21)16-23(27)28/h2-3,6-9,17H,4-5,10-16H2,1H3. The molecule has 0 spiro atoms. The van der Waals surface area contributed by atoms with E-state index in [-0.39, 0.29) is 11.7 Å². The number of hydrogen-bond donors (Lipinski definition) is 0. The zero-order chi connectivity index (χ0) is 20.2. The Balaban J connectivity index is 1.22. The summed E-state index contributed by atoms with van der Waals surface area (Å²) in [5.41, 5.74) is 2.84. The average Bonchev–Trinajstić information content (AvgIpc) is 3.06. The largest absolute Gasteiger partial charge is 0.495 e. The lowest BCUT2D eigenvalue weighted by Crippen LogP contribution is -2.46. The van der Waals surface area contributed by atoms with Crippen LogP contribution in [-0.4, -0.2) is 57.2 Å². The Hall–Kier alpha value is -2.60. The maximum absolute atomic E-state index is 13.5. The van der Waals surface area contributed by atoms with E-state index in [1.807, 2.05) is 18.2 Å². The molecule has 154 valence electrons. The van der Waals surface area contributed by atoms with Crippen LogP contribution >= 0.6 is 0 Å². The second-order valence-corrected chi connectivity index (χ2v) is 7.70. The number of piperazine rings is 1. The molecule has 1 amide bonds. The highest BCUT2D eigenvalue weighted by Crippen LogP contribution is 2.30. The first-order valence-corrected chi connectivity index (χ1v) is 10.3. The molecule has 0 unspecified atom stereocenters. The van der Waals surface area contributed by atoms with Gasteiger partial charge in [-0.2, -0.15) is 0 Å². The number of anilines is 2. The molecule has 1 saturated heterocycles. The third kappa shape index (κ3) is 4.37. The summed E-state index contributed by atoms with van der Waals surface area (Å²) in [5, 5.41) is 0. The monoisotopic (exact) mass is 397 g/mol. The van der Waals surface area contributed by atoms with E-state index in [1.54, 1.807) is 18.1 Å². The van der Waals surface area contributed by atoms with Crippen LogP contribution in [0.4, 0.5) is 15.8 Å². The van der Waals surface area contributed by atoms with Crippen LogP contribution in [0.3, 0.4) is 0 Å². The minimum Gasteiger partial charge on any atom is -0.495 e. The molecule has 5 nitrogen and oxygen atoms in total. The highest BCUT2D eigenvalue weighted by Gasteiger charge is 2.27. The summed E-state index contributed by atoms with van der Waals surface area (Å²) >= 11 is 0. The van der Waals surface area contributed by atoms with E-state index in [1.165, 1.54) is 12.1 Å². The van der Waals surface area contributed by atoms with Crippen LogP contribution in [0.5, 0.6) is 5.75 Å². The first kappa shape index (κ1) is 19.7. The van der Waals surface area contributed by atoms with Gasteiger partial charge < -0.3 is 14.5 Å². The molecular formula is C23H28FN3O2. The molecule has 0 bridgehead atoms. The third-order valence-corrected chi connectivity index (χ3v) is 5.89. The van der Waals surface area contributed by atoms with Gasteiger partial charge in [0.2, 0.25) is 5.91 Å². The Labute approximate surface area is 171 Å². The molecule has 0 N–H and O–H groups in total. The molecule has 1 fully saturated rings. The van der Waals surface area contributed by atoms with Gasteiger partial charge in [0.05, 0.1) is 24.9 Å². The molecule has 2 aromatic carbocycles. The van der Waals surface area contributed by atoms with E-state index in [0.29, 0.717) is 13.0 Å². The van der Waals surface area contributed by atoms with Crippen molar-refractivity contribution in [2.75, 3.05) is 56.2 Å². The van der Waals surface area contributed by atoms with Gasteiger partial charge in [0.25, 0.3) is 0 Å². The van der Waals surface area contributed by atoms with Crippen molar-refractivity contribution < 1.29 is 13.9 Å². The lowest BCUT2D eigenvalue weighted by Gasteiger charge is -2.36. The van der Waals surface area contributed by atoms with E-state index < -0.39 is 0 Å². The Kier molecular flexibility index (Phi) is 6.00. The Morgan fingerprint density at radius 2 is 1.72 bits per heavy atom. The van der Waals surface area contributed by atoms with Crippen molar-refractivity contribution in [3.8, 4) is 5.75 Å². The van der Waals surface area contributed by atoms with Gasteiger partial charge in [0.15, 0.2) is 0 Å². The zero-order valence-electron chi connectivity index (χ0n) is 16.9. The summed E-state index contributed by atoms with van der Waals surface area (Å²) in [4.78, 5) is 18.8. The second kappa shape index (κ2) is 8.82. The van der Waals surface area contributed by atoms with E-state index in [9.17, 15) is 9.18 Å². The van der Waals surface area contributed by atoms with Gasteiger partial charge >= 0.3 is 0 Å². The lowest BCUT2D eigenvalue weighted by atomic mass is 10.1. The van der Waals surface area contributed by atoms with Gasteiger partial charge in [0, 0.05) is 32.7 Å². The zero-order valence-corrected chi connectivity index (χ0v) is 16.9. The average molecular weight is 397 g/mol. The minimum absolute atomic E-state index is 0.0797. The molecular weight excluding hydrogens is 369 g/mol. The lowest BCUT2D eigenvalue weighted by molar-refractivity contribution is -0.117. The van der Waals surface area contributed by atoms with Crippen LogP contribution < -0.4 is 14.5 Å². The summed E-state index contributed by atoms with van der Waals surface area (Å²) in [7, 11) is 1.72. The molecule has 4 rings (SSSR count). The summed E-state index contributed by atoms with van der Waals surface area (Å²) in [6.07, 6.45) is 2.35. The molecule has 0 atom stereocenters. The number of nitrogens with zero attached hydrogens (tertiary/aromatic N) is 3. The number of hydrogen-bond acceptors (Lipinski definition) is 4. The Bertz CT molecular complexity index is 865. The third-order valence-electron chi connectivity index (χ3n) is 5.89. The molecule has 29 heavy (non-hydrogen) atoms. The summed E-state index contributed by atoms with van der Waals surface area (Å²) in [5.74, 6) is 0.723. The molecule has 2 aliphatic rings. The molecule has 6 heteroatoms. The van der Waals surface area contributed by atoms with Gasteiger partial charge in [-0.1, -0.05) is 18.2 Å². The van der Waals surface area contributed by atoms with Crippen molar-refractivity contribution >= 4 is 17.3 Å².